The van der Waals surface area contributed by atoms with Crippen molar-refractivity contribution in [1.82, 2.24) is 5.32 Å². The van der Waals surface area contributed by atoms with Gasteiger partial charge in [-0.25, -0.2) is 4.79 Å². The molecule has 1 aliphatic carbocycles. The van der Waals surface area contributed by atoms with E-state index in [0.29, 0.717) is 5.92 Å². The second kappa shape index (κ2) is 5.32. The molecule has 1 aliphatic rings. The fraction of sp³-hybridized carbons (Fsp3) is 0.833. The summed E-state index contributed by atoms with van der Waals surface area (Å²) >= 11 is 0. The van der Waals surface area contributed by atoms with Gasteiger partial charge in [-0.05, 0) is 18.3 Å². The lowest BCUT2D eigenvalue weighted by atomic mass is 9.99. The van der Waals surface area contributed by atoms with Gasteiger partial charge in [0.1, 0.15) is 6.04 Å². The van der Waals surface area contributed by atoms with Gasteiger partial charge in [0.15, 0.2) is 0 Å². The van der Waals surface area contributed by atoms with Crippen LogP contribution in [0.15, 0.2) is 0 Å². The molecule has 0 aliphatic heterocycles. The third-order valence-electron chi connectivity index (χ3n) is 3.41. The number of hydrogen-bond donors (Lipinski definition) is 1. The molecule has 0 aromatic rings. The van der Waals surface area contributed by atoms with Gasteiger partial charge in [0.05, 0.1) is 7.11 Å². The Balaban J connectivity index is 2.56. The van der Waals surface area contributed by atoms with E-state index in [1.807, 2.05) is 20.8 Å². The van der Waals surface area contributed by atoms with Crippen molar-refractivity contribution in [2.24, 2.45) is 17.8 Å². The van der Waals surface area contributed by atoms with Gasteiger partial charge in [-0.1, -0.05) is 27.2 Å². The van der Waals surface area contributed by atoms with E-state index in [4.69, 9.17) is 4.74 Å². The summed E-state index contributed by atoms with van der Waals surface area (Å²) in [4.78, 5) is 23.3. The second-order valence-electron chi connectivity index (χ2n) is 4.71. The van der Waals surface area contributed by atoms with E-state index in [9.17, 15) is 9.59 Å². The average Bonchev–Trinajstić information content (AvgIpc) is 3.01. The highest BCUT2D eigenvalue weighted by atomic mass is 16.5. The van der Waals surface area contributed by atoms with Gasteiger partial charge < -0.3 is 10.1 Å². The summed E-state index contributed by atoms with van der Waals surface area (Å²) in [6.45, 7) is 5.98. The van der Waals surface area contributed by atoms with Gasteiger partial charge in [0.2, 0.25) is 5.91 Å². The van der Waals surface area contributed by atoms with Crippen LogP contribution in [0.5, 0.6) is 0 Å². The van der Waals surface area contributed by atoms with Gasteiger partial charge >= 0.3 is 5.97 Å². The summed E-state index contributed by atoms with van der Waals surface area (Å²) in [7, 11) is 1.35. The maximum Gasteiger partial charge on any atom is 0.328 e. The Kier molecular flexibility index (Phi) is 4.33. The summed E-state index contributed by atoms with van der Waals surface area (Å²) in [5.41, 5.74) is 0. The molecule has 4 heteroatoms. The standard InChI is InChI=1S/C12H21NO3/c1-5-7(2)10(12(15)16-4)13-11(14)9-6-8(9)3/h7-10H,5-6H2,1-4H3,(H,13,14). The number of ether oxygens (including phenoxy) is 1. The Morgan fingerprint density at radius 1 is 1.50 bits per heavy atom. The predicted molar refractivity (Wildman–Crippen MR) is 60.7 cm³/mol. The molecule has 0 saturated heterocycles. The van der Waals surface area contributed by atoms with Crippen LogP contribution < -0.4 is 5.32 Å². The first kappa shape index (κ1) is 13.0. The number of carbonyl (C=O) groups is 2. The highest BCUT2D eigenvalue weighted by molar-refractivity contribution is 5.87. The largest absolute Gasteiger partial charge is 0.467 e. The van der Waals surface area contributed by atoms with Gasteiger partial charge in [-0.15, -0.1) is 0 Å². The molecule has 4 nitrogen and oxygen atoms in total. The van der Waals surface area contributed by atoms with E-state index in [0.717, 1.165) is 12.8 Å². The van der Waals surface area contributed by atoms with Crippen molar-refractivity contribution >= 4 is 11.9 Å². The van der Waals surface area contributed by atoms with E-state index >= 15 is 0 Å². The van der Waals surface area contributed by atoms with Crippen LogP contribution in [0.2, 0.25) is 0 Å². The van der Waals surface area contributed by atoms with E-state index in [-0.39, 0.29) is 23.7 Å². The molecule has 0 heterocycles. The Hall–Kier alpha value is -1.06. The molecule has 1 fully saturated rings. The van der Waals surface area contributed by atoms with Crippen LogP contribution in [0.4, 0.5) is 0 Å². The number of methoxy groups -OCH3 is 1. The number of hydrogen-bond acceptors (Lipinski definition) is 3. The van der Waals surface area contributed by atoms with Gasteiger partial charge in [-0.3, -0.25) is 4.79 Å². The van der Waals surface area contributed by atoms with Gasteiger partial charge in [0, 0.05) is 5.92 Å². The van der Waals surface area contributed by atoms with Crippen LogP contribution in [0, 0.1) is 17.8 Å². The maximum atomic E-state index is 11.7. The molecule has 16 heavy (non-hydrogen) atoms. The minimum absolute atomic E-state index is 0.0109. The molecule has 0 aromatic carbocycles. The minimum atomic E-state index is -0.504. The molecule has 4 unspecified atom stereocenters. The number of carbonyl (C=O) groups excluding carboxylic acids is 2. The average molecular weight is 227 g/mol. The van der Waals surface area contributed by atoms with Crippen molar-refractivity contribution in [3.63, 3.8) is 0 Å². The smallest absolute Gasteiger partial charge is 0.328 e. The normalized spacial score (nSPS) is 26.8. The molecule has 1 rings (SSSR count). The van der Waals surface area contributed by atoms with Crippen LogP contribution in [0.25, 0.3) is 0 Å². The molecule has 4 atom stereocenters. The number of amides is 1. The third kappa shape index (κ3) is 2.97. The lowest BCUT2D eigenvalue weighted by molar-refractivity contribution is -0.146. The molecular formula is C12H21NO3. The topological polar surface area (TPSA) is 55.4 Å². The van der Waals surface area contributed by atoms with Crippen LogP contribution >= 0.6 is 0 Å². The van der Waals surface area contributed by atoms with E-state index < -0.39 is 6.04 Å². The molecule has 0 spiro atoms. The first-order valence-corrected chi connectivity index (χ1v) is 5.89. The highest BCUT2D eigenvalue weighted by Crippen LogP contribution is 2.37. The van der Waals surface area contributed by atoms with E-state index in [2.05, 4.69) is 5.32 Å². The number of nitrogens with one attached hydrogen (secondary N) is 1. The summed E-state index contributed by atoms with van der Waals surface area (Å²) < 4.78 is 4.71. The van der Waals surface area contributed by atoms with E-state index in [1.165, 1.54) is 7.11 Å². The molecule has 92 valence electrons. The lowest BCUT2D eigenvalue weighted by Gasteiger charge is -2.21. The van der Waals surface area contributed by atoms with Gasteiger partial charge in [0.25, 0.3) is 0 Å². The first-order chi connectivity index (χ1) is 7.51. The van der Waals surface area contributed by atoms with Crippen molar-refractivity contribution in [2.75, 3.05) is 7.11 Å². The maximum absolute atomic E-state index is 11.7. The monoisotopic (exact) mass is 227 g/mol. The SMILES string of the molecule is CCC(C)C(NC(=O)C1CC1C)C(=O)OC. The molecule has 1 amide bonds. The zero-order valence-electron chi connectivity index (χ0n) is 10.4. The van der Waals surface area contributed by atoms with Crippen molar-refractivity contribution < 1.29 is 14.3 Å². The van der Waals surface area contributed by atoms with Crippen LogP contribution in [-0.2, 0) is 14.3 Å². The fourth-order valence-corrected chi connectivity index (χ4v) is 1.74. The third-order valence-corrected chi connectivity index (χ3v) is 3.41. The van der Waals surface area contributed by atoms with Crippen LogP contribution in [0.3, 0.4) is 0 Å². The van der Waals surface area contributed by atoms with Crippen molar-refractivity contribution in [3.8, 4) is 0 Å². The minimum Gasteiger partial charge on any atom is -0.467 e. The zero-order valence-corrected chi connectivity index (χ0v) is 10.4. The highest BCUT2D eigenvalue weighted by Gasteiger charge is 2.41. The van der Waals surface area contributed by atoms with Gasteiger partial charge in [-0.2, -0.15) is 0 Å². The zero-order chi connectivity index (χ0) is 12.3. The second-order valence-corrected chi connectivity index (χ2v) is 4.71. The quantitative estimate of drug-likeness (QED) is 0.721. The summed E-state index contributed by atoms with van der Waals surface area (Å²) in [6, 6.07) is -0.504. The summed E-state index contributed by atoms with van der Waals surface area (Å²) in [5.74, 6) is 0.288. The lowest BCUT2D eigenvalue weighted by Crippen LogP contribution is -2.46. The fourth-order valence-electron chi connectivity index (χ4n) is 1.74. The molecule has 1 N–H and O–H groups in total. The Morgan fingerprint density at radius 3 is 2.44 bits per heavy atom. The van der Waals surface area contributed by atoms with Crippen LogP contribution in [-0.4, -0.2) is 25.0 Å². The number of esters is 1. The first-order valence-electron chi connectivity index (χ1n) is 5.89. The molecule has 0 bridgehead atoms. The van der Waals surface area contributed by atoms with Crippen molar-refractivity contribution in [1.29, 1.82) is 0 Å². The van der Waals surface area contributed by atoms with Crippen molar-refractivity contribution in [3.05, 3.63) is 0 Å². The molecule has 1 saturated carbocycles. The van der Waals surface area contributed by atoms with Crippen LogP contribution in [0.1, 0.15) is 33.6 Å². The Morgan fingerprint density at radius 2 is 2.06 bits per heavy atom. The Labute approximate surface area is 96.7 Å². The van der Waals surface area contributed by atoms with E-state index in [1.54, 1.807) is 0 Å². The summed E-state index contributed by atoms with van der Waals surface area (Å²) in [5, 5.41) is 2.80. The molecule has 0 radical (unpaired) electrons. The summed E-state index contributed by atoms with van der Waals surface area (Å²) in [6.07, 6.45) is 1.76. The predicted octanol–water partition coefficient (Wildman–Crippen LogP) is 1.35. The molecule has 0 aromatic heterocycles. The van der Waals surface area contributed by atoms with Crippen molar-refractivity contribution in [2.45, 2.75) is 39.7 Å². The number of rotatable bonds is 5. The Bertz CT molecular complexity index is 277. The molecular weight excluding hydrogens is 206 g/mol.